The molecule has 5 heteroatoms. The second-order valence-electron chi connectivity index (χ2n) is 7.25. The van der Waals surface area contributed by atoms with E-state index in [1.54, 1.807) is 0 Å². The van der Waals surface area contributed by atoms with E-state index in [2.05, 4.69) is 36.3 Å². The van der Waals surface area contributed by atoms with Crippen LogP contribution in [0, 0.1) is 5.92 Å². The zero-order chi connectivity index (χ0) is 18.9. The number of nitrogens with zero attached hydrogens (tertiary/aromatic N) is 1. The Bertz CT molecular complexity index is 954. The van der Waals surface area contributed by atoms with Crippen LogP contribution in [0.2, 0.25) is 0 Å². The van der Waals surface area contributed by atoms with E-state index >= 15 is 0 Å². The molecule has 0 aliphatic heterocycles. The first-order valence-electron chi connectivity index (χ1n) is 8.97. The van der Waals surface area contributed by atoms with Crippen molar-refractivity contribution in [3.05, 3.63) is 72.0 Å². The molecular formula is C22H20ClNO3. The minimum atomic E-state index is -0.574. The maximum Gasteiger partial charge on any atom is 0.349 e. The lowest BCUT2D eigenvalue weighted by atomic mass is 9.58. The highest BCUT2D eigenvalue weighted by molar-refractivity contribution is 6.26. The third kappa shape index (κ3) is 3.50. The molecule has 1 aromatic heterocycles. The van der Waals surface area contributed by atoms with Crippen LogP contribution in [0.25, 0.3) is 11.0 Å². The van der Waals surface area contributed by atoms with Gasteiger partial charge in [-0.2, -0.15) is 0 Å². The number of carbonyl (C=O) groups excluding carboxylic acids is 1. The third-order valence-electron chi connectivity index (χ3n) is 5.28. The van der Waals surface area contributed by atoms with E-state index in [9.17, 15) is 4.79 Å². The zero-order valence-corrected chi connectivity index (χ0v) is 15.8. The standard InChI is InChI=1S/C22H20ClNO3/c1-22(17-8-3-2-4-9-17)12-16(13-22)21(24-27-20(25)14-23)19-11-15-7-5-6-10-18(15)26-19/h2-11,16H,12-14H2,1H3. The van der Waals surface area contributed by atoms with Crippen molar-refractivity contribution in [2.24, 2.45) is 11.1 Å². The molecule has 0 spiro atoms. The molecule has 1 saturated carbocycles. The first-order chi connectivity index (χ1) is 13.1. The maximum absolute atomic E-state index is 11.5. The average molecular weight is 382 g/mol. The molecule has 1 fully saturated rings. The summed E-state index contributed by atoms with van der Waals surface area (Å²) in [4.78, 5) is 16.5. The van der Waals surface area contributed by atoms with Gasteiger partial charge in [-0.3, -0.25) is 0 Å². The highest BCUT2D eigenvalue weighted by Gasteiger charge is 2.45. The monoisotopic (exact) mass is 381 g/mol. The number of benzene rings is 2. The van der Waals surface area contributed by atoms with Gasteiger partial charge in [-0.15, -0.1) is 11.6 Å². The maximum atomic E-state index is 11.5. The van der Waals surface area contributed by atoms with E-state index in [0.717, 1.165) is 23.8 Å². The molecule has 3 aromatic rings. The Morgan fingerprint density at radius 3 is 2.59 bits per heavy atom. The molecule has 0 unspecified atom stereocenters. The number of rotatable bonds is 5. The fourth-order valence-electron chi connectivity index (χ4n) is 3.85. The van der Waals surface area contributed by atoms with Crippen LogP contribution in [0.3, 0.4) is 0 Å². The van der Waals surface area contributed by atoms with Crippen LogP contribution in [-0.2, 0) is 15.0 Å². The van der Waals surface area contributed by atoms with E-state index in [0.29, 0.717) is 11.5 Å². The van der Waals surface area contributed by atoms with Crippen molar-refractivity contribution in [2.45, 2.75) is 25.2 Å². The number of alkyl halides is 1. The van der Waals surface area contributed by atoms with Gasteiger partial charge in [0.25, 0.3) is 0 Å². The topological polar surface area (TPSA) is 51.8 Å². The summed E-state index contributed by atoms with van der Waals surface area (Å²) in [5.41, 5.74) is 2.84. The number of carbonyl (C=O) groups is 1. The van der Waals surface area contributed by atoms with Gasteiger partial charge in [0, 0.05) is 11.3 Å². The van der Waals surface area contributed by atoms with Crippen molar-refractivity contribution in [3.63, 3.8) is 0 Å². The molecule has 4 rings (SSSR count). The van der Waals surface area contributed by atoms with Crippen molar-refractivity contribution >= 4 is 34.3 Å². The second kappa shape index (κ2) is 7.20. The van der Waals surface area contributed by atoms with Gasteiger partial charge in [-0.1, -0.05) is 60.6 Å². The van der Waals surface area contributed by atoms with Crippen molar-refractivity contribution in [1.29, 1.82) is 0 Å². The summed E-state index contributed by atoms with van der Waals surface area (Å²) in [6, 6.07) is 20.2. The van der Waals surface area contributed by atoms with Crippen molar-refractivity contribution in [1.82, 2.24) is 0 Å². The second-order valence-corrected chi connectivity index (χ2v) is 7.52. The first kappa shape index (κ1) is 17.8. The Balaban J connectivity index is 1.62. The molecule has 0 radical (unpaired) electrons. The lowest BCUT2D eigenvalue weighted by Gasteiger charge is -2.45. The van der Waals surface area contributed by atoms with Gasteiger partial charge in [-0.25, -0.2) is 4.79 Å². The van der Waals surface area contributed by atoms with E-state index in [1.165, 1.54) is 5.56 Å². The smallest absolute Gasteiger partial charge is 0.349 e. The molecule has 138 valence electrons. The van der Waals surface area contributed by atoms with Gasteiger partial charge < -0.3 is 9.25 Å². The van der Waals surface area contributed by atoms with Gasteiger partial charge in [0.05, 0.1) is 0 Å². The molecular weight excluding hydrogens is 362 g/mol. The largest absolute Gasteiger partial charge is 0.455 e. The molecule has 0 amide bonds. The molecule has 0 atom stereocenters. The van der Waals surface area contributed by atoms with E-state index in [-0.39, 0.29) is 17.2 Å². The molecule has 0 N–H and O–H groups in total. The summed E-state index contributed by atoms with van der Waals surface area (Å²) in [6.07, 6.45) is 1.82. The van der Waals surface area contributed by atoms with E-state index < -0.39 is 5.97 Å². The Labute approximate surface area is 162 Å². The number of furan rings is 1. The summed E-state index contributed by atoms with van der Waals surface area (Å²) in [5.74, 6) is -0.0171. The SMILES string of the molecule is CC1(c2ccccc2)CC(C(=NOC(=O)CCl)c2cc3ccccc3o2)C1. The Kier molecular flexibility index (Phi) is 4.75. The molecule has 0 bridgehead atoms. The Morgan fingerprint density at radius 2 is 1.89 bits per heavy atom. The summed E-state index contributed by atoms with van der Waals surface area (Å²) < 4.78 is 5.97. The number of para-hydroxylation sites is 1. The van der Waals surface area contributed by atoms with Gasteiger partial charge in [-0.05, 0) is 36.0 Å². The van der Waals surface area contributed by atoms with Crippen LogP contribution in [0.1, 0.15) is 31.1 Å². The summed E-state index contributed by atoms with van der Waals surface area (Å²) >= 11 is 5.53. The number of hydrogen-bond donors (Lipinski definition) is 0. The fraction of sp³-hybridized carbons (Fsp3) is 0.273. The molecule has 4 nitrogen and oxygen atoms in total. The highest BCUT2D eigenvalue weighted by Crippen LogP contribution is 2.49. The predicted molar refractivity (Wildman–Crippen MR) is 106 cm³/mol. The Morgan fingerprint density at radius 1 is 1.19 bits per heavy atom. The van der Waals surface area contributed by atoms with Crippen LogP contribution in [-0.4, -0.2) is 17.6 Å². The molecule has 2 aromatic carbocycles. The molecule has 0 saturated heterocycles. The Hall–Kier alpha value is -2.59. The third-order valence-corrected chi connectivity index (χ3v) is 5.50. The normalized spacial score (nSPS) is 22.4. The molecule has 27 heavy (non-hydrogen) atoms. The number of fused-ring (bicyclic) bond motifs is 1. The van der Waals surface area contributed by atoms with Crippen molar-refractivity contribution in [3.8, 4) is 0 Å². The van der Waals surface area contributed by atoms with Crippen molar-refractivity contribution < 1.29 is 14.0 Å². The van der Waals surface area contributed by atoms with Gasteiger partial charge >= 0.3 is 5.97 Å². The van der Waals surface area contributed by atoms with Crippen LogP contribution in [0.5, 0.6) is 0 Å². The van der Waals surface area contributed by atoms with Crippen LogP contribution in [0.4, 0.5) is 0 Å². The number of halogens is 1. The molecule has 1 aliphatic carbocycles. The average Bonchev–Trinajstić information content (AvgIpc) is 3.10. The fourth-order valence-corrected chi connectivity index (χ4v) is 3.90. The summed E-state index contributed by atoms with van der Waals surface area (Å²) in [7, 11) is 0. The minimum absolute atomic E-state index is 0.0786. The van der Waals surface area contributed by atoms with Crippen molar-refractivity contribution in [2.75, 3.05) is 5.88 Å². The quantitative estimate of drug-likeness (QED) is 0.261. The number of hydrogen-bond acceptors (Lipinski definition) is 4. The van der Waals surface area contributed by atoms with Gasteiger partial charge in [0.1, 0.15) is 17.2 Å². The summed E-state index contributed by atoms with van der Waals surface area (Å²) in [6.45, 7) is 2.25. The van der Waals surface area contributed by atoms with Crippen LogP contribution < -0.4 is 0 Å². The lowest BCUT2D eigenvalue weighted by Crippen LogP contribution is -2.42. The zero-order valence-electron chi connectivity index (χ0n) is 15.0. The first-order valence-corrected chi connectivity index (χ1v) is 9.51. The van der Waals surface area contributed by atoms with Gasteiger partial charge in [0.15, 0.2) is 5.76 Å². The van der Waals surface area contributed by atoms with Crippen LogP contribution >= 0.6 is 11.6 Å². The highest BCUT2D eigenvalue weighted by atomic mass is 35.5. The van der Waals surface area contributed by atoms with Crippen LogP contribution in [0.15, 0.2) is 70.2 Å². The predicted octanol–water partition coefficient (Wildman–Crippen LogP) is 5.29. The van der Waals surface area contributed by atoms with Gasteiger partial charge in [0.2, 0.25) is 0 Å². The van der Waals surface area contributed by atoms with E-state index in [4.69, 9.17) is 20.9 Å². The molecule has 1 heterocycles. The van der Waals surface area contributed by atoms with E-state index in [1.807, 2.05) is 36.4 Å². The minimum Gasteiger partial charge on any atom is -0.455 e. The summed E-state index contributed by atoms with van der Waals surface area (Å²) in [5, 5.41) is 5.12. The number of oxime groups is 1. The molecule has 1 aliphatic rings. The lowest BCUT2D eigenvalue weighted by molar-refractivity contribution is -0.140.